The molecule has 0 amide bonds. The van der Waals surface area contributed by atoms with Crippen molar-refractivity contribution in [1.82, 2.24) is 0 Å². The molecule has 0 saturated carbocycles. The van der Waals surface area contributed by atoms with Crippen molar-refractivity contribution in [3.8, 4) is 0 Å². The number of esters is 3. The molecule has 0 aliphatic carbocycles. The quantitative estimate of drug-likeness (QED) is 0.0344. The SMILES string of the molecule is CCCCCCCCCCCCC(=O)O[C@@H](COC(=O)CCCCCCCCCCCCCCCCCCC(C)C)COC(=O)CCCCCCCCCCCCCCCC(C)C. The highest BCUT2D eigenvalue weighted by atomic mass is 16.6. The molecule has 0 bridgehead atoms. The van der Waals surface area contributed by atoms with E-state index >= 15 is 0 Å². The third-order valence-electron chi connectivity index (χ3n) is 13.0. The van der Waals surface area contributed by atoms with Crippen molar-refractivity contribution in [2.75, 3.05) is 13.2 Å². The first-order valence-corrected chi connectivity index (χ1v) is 28.2. The van der Waals surface area contributed by atoms with Gasteiger partial charge in [0.25, 0.3) is 0 Å². The van der Waals surface area contributed by atoms with Gasteiger partial charge in [-0.2, -0.15) is 0 Å². The summed E-state index contributed by atoms with van der Waals surface area (Å²) in [5.41, 5.74) is 0. The van der Waals surface area contributed by atoms with Crippen LogP contribution >= 0.6 is 0 Å². The van der Waals surface area contributed by atoms with Crippen molar-refractivity contribution in [3.05, 3.63) is 0 Å². The van der Waals surface area contributed by atoms with E-state index in [1.54, 1.807) is 0 Å². The maximum Gasteiger partial charge on any atom is 0.306 e. The molecule has 0 N–H and O–H groups in total. The van der Waals surface area contributed by atoms with Crippen molar-refractivity contribution in [2.24, 2.45) is 11.8 Å². The van der Waals surface area contributed by atoms with Gasteiger partial charge in [-0.25, -0.2) is 0 Å². The van der Waals surface area contributed by atoms with Crippen LogP contribution < -0.4 is 0 Å². The van der Waals surface area contributed by atoms with Crippen LogP contribution in [0, 0.1) is 11.8 Å². The Morgan fingerprint density at radius 3 is 0.778 bits per heavy atom. The van der Waals surface area contributed by atoms with E-state index in [4.69, 9.17) is 14.2 Å². The molecule has 0 aliphatic heterocycles. The summed E-state index contributed by atoms with van der Waals surface area (Å²) in [6.07, 6.45) is 52.4. The first kappa shape index (κ1) is 61.4. The Morgan fingerprint density at radius 1 is 0.302 bits per heavy atom. The molecule has 6 nitrogen and oxygen atoms in total. The number of carbonyl (C=O) groups is 3. The van der Waals surface area contributed by atoms with Gasteiger partial charge in [0, 0.05) is 19.3 Å². The summed E-state index contributed by atoms with van der Waals surface area (Å²) >= 11 is 0. The fourth-order valence-electron chi connectivity index (χ4n) is 8.70. The number of rotatable bonds is 51. The lowest BCUT2D eigenvalue weighted by atomic mass is 10.0. The summed E-state index contributed by atoms with van der Waals surface area (Å²) in [5, 5.41) is 0. The van der Waals surface area contributed by atoms with Crippen molar-refractivity contribution < 1.29 is 28.6 Å². The topological polar surface area (TPSA) is 78.9 Å². The summed E-state index contributed by atoms with van der Waals surface area (Å²) in [5.74, 6) is 0.850. The van der Waals surface area contributed by atoms with E-state index in [9.17, 15) is 14.4 Å². The minimum absolute atomic E-state index is 0.0629. The predicted molar refractivity (Wildman–Crippen MR) is 270 cm³/mol. The molecule has 0 heterocycles. The van der Waals surface area contributed by atoms with Crippen molar-refractivity contribution in [3.63, 3.8) is 0 Å². The maximum atomic E-state index is 12.8. The molecule has 0 aromatic heterocycles. The Morgan fingerprint density at radius 2 is 0.524 bits per heavy atom. The molecule has 0 fully saturated rings. The van der Waals surface area contributed by atoms with Crippen LogP contribution in [0.4, 0.5) is 0 Å². The van der Waals surface area contributed by atoms with E-state index in [2.05, 4.69) is 34.6 Å². The molecule has 0 unspecified atom stereocenters. The van der Waals surface area contributed by atoms with E-state index in [1.165, 1.54) is 205 Å². The number of hydrogen-bond acceptors (Lipinski definition) is 6. The Labute approximate surface area is 393 Å². The molecular formula is C57H110O6. The number of hydrogen-bond donors (Lipinski definition) is 0. The van der Waals surface area contributed by atoms with Crippen LogP contribution in [0.1, 0.15) is 317 Å². The van der Waals surface area contributed by atoms with Gasteiger partial charge in [-0.15, -0.1) is 0 Å². The smallest absolute Gasteiger partial charge is 0.306 e. The third kappa shape index (κ3) is 51.3. The second-order valence-electron chi connectivity index (χ2n) is 20.5. The van der Waals surface area contributed by atoms with Crippen LogP contribution in [0.3, 0.4) is 0 Å². The fourth-order valence-corrected chi connectivity index (χ4v) is 8.70. The molecule has 0 rings (SSSR count). The molecule has 0 spiro atoms. The molecule has 1 atom stereocenters. The number of unbranched alkanes of at least 4 members (excludes halogenated alkanes) is 36. The average Bonchev–Trinajstić information content (AvgIpc) is 3.25. The Kier molecular flexibility index (Phi) is 48.6. The van der Waals surface area contributed by atoms with E-state index in [-0.39, 0.29) is 31.1 Å². The second kappa shape index (κ2) is 49.8. The van der Waals surface area contributed by atoms with E-state index in [0.29, 0.717) is 19.3 Å². The highest BCUT2D eigenvalue weighted by molar-refractivity contribution is 5.71. The normalized spacial score (nSPS) is 12.0. The highest BCUT2D eigenvalue weighted by Gasteiger charge is 2.19. The average molecular weight is 892 g/mol. The van der Waals surface area contributed by atoms with Gasteiger partial charge < -0.3 is 14.2 Å². The first-order valence-electron chi connectivity index (χ1n) is 28.2. The van der Waals surface area contributed by atoms with E-state index in [1.807, 2.05) is 0 Å². The molecule has 0 aromatic rings. The van der Waals surface area contributed by atoms with Crippen molar-refractivity contribution >= 4 is 17.9 Å². The summed E-state index contributed by atoms with van der Waals surface area (Å²) in [6, 6.07) is 0. The number of ether oxygens (including phenoxy) is 3. The zero-order valence-electron chi connectivity index (χ0n) is 43.2. The molecule has 0 saturated heterocycles. The van der Waals surface area contributed by atoms with Crippen LogP contribution in [0.2, 0.25) is 0 Å². The van der Waals surface area contributed by atoms with Crippen LogP contribution in [-0.4, -0.2) is 37.2 Å². The van der Waals surface area contributed by atoms with Crippen LogP contribution in [-0.2, 0) is 28.6 Å². The van der Waals surface area contributed by atoms with Crippen molar-refractivity contribution in [1.29, 1.82) is 0 Å². The van der Waals surface area contributed by atoms with Gasteiger partial charge in [-0.1, -0.05) is 279 Å². The minimum atomic E-state index is -0.761. The molecule has 0 aromatic carbocycles. The van der Waals surface area contributed by atoms with E-state index in [0.717, 1.165) is 69.6 Å². The molecule has 0 radical (unpaired) electrons. The lowest BCUT2D eigenvalue weighted by molar-refractivity contribution is -0.167. The Hall–Kier alpha value is -1.59. The zero-order chi connectivity index (χ0) is 46.1. The van der Waals surface area contributed by atoms with E-state index < -0.39 is 6.10 Å². The molecule has 0 aliphatic rings. The monoisotopic (exact) mass is 891 g/mol. The Bertz CT molecular complexity index is 962. The Balaban J connectivity index is 4.21. The van der Waals surface area contributed by atoms with Gasteiger partial charge in [0.15, 0.2) is 6.10 Å². The standard InChI is InChI=1S/C57H110O6/c1-6-7-8-9-10-11-27-34-39-44-49-57(60)63-54(51-62-56(59)48-43-38-33-29-24-20-16-18-22-26-31-36-41-46-53(4)5)50-61-55(58)47-42-37-32-28-23-19-15-13-12-14-17-21-25-30-35-40-45-52(2)3/h52-54H,6-51H2,1-5H3/t54-/m0/s1. The molecule has 6 heteroatoms. The molecule has 63 heavy (non-hydrogen) atoms. The van der Waals surface area contributed by atoms with Crippen LogP contribution in [0.15, 0.2) is 0 Å². The first-order chi connectivity index (χ1) is 30.7. The molecular weight excluding hydrogens is 781 g/mol. The maximum absolute atomic E-state index is 12.8. The van der Waals surface area contributed by atoms with Crippen LogP contribution in [0.5, 0.6) is 0 Å². The summed E-state index contributed by atoms with van der Waals surface area (Å²) in [4.78, 5) is 38.0. The largest absolute Gasteiger partial charge is 0.462 e. The number of carbonyl (C=O) groups excluding carboxylic acids is 3. The fraction of sp³-hybridized carbons (Fsp3) is 0.947. The highest BCUT2D eigenvalue weighted by Crippen LogP contribution is 2.18. The lowest BCUT2D eigenvalue weighted by Gasteiger charge is -2.18. The predicted octanol–water partition coefficient (Wildman–Crippen LogP) is 18.5. The van der Waals surface area contributed by atoms with Gasteiger partial charge in [0.2, 0.25) is 0 Å². The van der Waals surface area contributed by atoms with Crippen LogP contribution in [0.25, 0.3) is 0 Å². The lowest BCUT2D eigenvalue weighted by Crippen LogP contribution is -2.30. The minimum Gasteiger partial charge on any atom is -0.462 e. The van der Waals surface area contributed by atoms with Gasteiger partial charge in [0.1, 0.15) is 13.2 Å². The summed E-state index contributed by atoms with van der Waals surface area (Å²) < 4.78 is 16.8. The van der Waals surface area contributed by atoms with Gasteiger partial charge in [0.05, 0.1) is 0 Å². The van der Waals surface area contributed by atoms with Crippen molar-refractivity contribution in [2.45, 2.75) is 323 Å². The van der Waals surface area contributed by atoms with Gasteiger partial charge >= 0.3 is 17.9 Å². The van der Waals surface area contributed by atoms with Gasteiger partial charge in [-0.05, 0) is 31.1 Å². The molecule has 374 valence electrons. The second-order valence-corrected chi connectivity index (χ2v) is 20.5. The van der Waals surface area contributed by atoms with Gasteiger partial charge in [-0.3, -0.25) is 14.4 Å². The summed E-state index contributed by atoms with van der Waals surface area (Å²) in [6.45, 7) is 11.4. The zero-order valence-corrected chi connectivity index (χ0v) is 43.2. The summed E-state index contributed by atoms with van der Waals surface area (Å²) in [7, 11) is 0. The third-order valence-corrected chi connectivity index (χ3v) is 13.0.